The van der Waals surface area contributed by atoms with Gasteiger partial charge in [0.1, 0.15) is 0 Å². The normalized spacial score (nSPS) is 17.5. The summed E-state index contributed by atoms with van der Waals surface area (Å²) in [6.45, 7) is 8.45. The van der Waals surface area contributed by atoms with Crippen molar-refractivity contribution in [3.8, 4) is 0 Å². The molecule has 4 heteroatoms. The Morgan fingerprint density at radius 1 is 1.26 bits per heavy atom. The average Bonchev–Trinajstić information content (AvgIpc) is 2.83. The fourth-order valence-corrected chi connectivity index (χ4v) is 2.92. The van der Waals surface area contributed by atoms with Crippen LogP contribution in [0.4, 0.5) is 0 Å². The zero-order valence-electron chi connectivity index (χ0n) is 12.6. The molecule has 0 radical (unpaired) electrons. The van der Waals surface area contributed by atoms with Crippen LogP contribution in [0, 0.1) is 5.92 Å². The Kier molecular flexibility index (Phi) is 5.37. The van der Waals surface area contributed by atoms with Crippen molar-refractivity contribution in [1.29, 1.82) is 0 Å². The van der Waals surface area contributed by atoms with Crippen LogP contribution in [0.3, 0.4) is 0 Å². The van der Waals surface area contributed by atoms with Gasteiger partial charge in [0, 0.05) is 12.5 Å². The molecule has 2 rings (SSSR count). The van der Waals surface area contributed by atoms with Gasteiger partial charge in [0.15, 0.2) is 5.82 Å². The lowest BCUT2D eigenvalue weighted by Crippen LogP contribution is -2.36. The molecule has 1 aliphatic rings. The van der Waals surface area contributed by atoms with Gasteiger partial charge in [-0.1, -0.05) is 45.2 Å². The van der Waals surface area contributed by atoms with Crippen LogP contribution >= 0.6 is 0 Å². The zero-order chi connectivity index (χ0) is 13.7. The highest BCUT2D eigenvalue weighted by Gasteiger charge is 2.21. The lowest BCUT2D eigenvalue weighted by molar-refractivity contribution is 0.138. The lowest BCUT2D eigenvalue weighted by Gasteiger charge is -2.32. The molecule has 0 saturated heterocycles. The van der Waals surface area contributed by atoms with Gasteiger partial charge in [-0.15, -0.1) is 0 Å². The first-order chi connectivity index (χ1) is 9.19. The largest absolute Gasteiger partial charge is 0.338 e. The van der Waals surface area contributed by atoms with Gasteiger partial charge in [-0.2, -0.15) is 4.98 Å². The third kappa shape index (κ3) is 4.30. The van der Waals surface area contributed by atoms with E-state index < -0.39 is 0 Å². The minimum Gasteiger partial charge on any atom is -0.338 e. The molecule has 19 heavy (non-hydrogen) atoms. The number of hydrogen-bond acceptors (Lipinski definition) is 4. The highest BCUT2D eigenvalue weighted by molar-refractivity contribution is 4.88. The minimum atomic E-state index is 0.575. The maximum atomic E-state index is 5.39. The standard InChI is InChI=1S/C15H27N3O/c1-4-18(13-8-6-5-7-9-13)11-15-16-14(17-19-15)10-12(2)3/h12-13H,4-11H2,1-3H3. The van der Waals surface area contributed by atoms with Crippen LogP contribution in [0.1, 0.15) is 64.6 Å². The molecule has 4 nitrogen and oxygen atoms in total. The molecule has 1 aromatic heterocycles. The number of hydrogen-bond donors (Lipinski definition) is 0. The summed E-state index contributed by atoms with van der Waals surface area (Å²) in [5, 5.41) is 4.08. The predicted octanol–water partition coefficient (Wildman–Crippen LogP) is 3.42. The van der Waals surface area contributed by atoms with E-state index in [2.05, 4.69) is 35.8 Å². The highest BCUT2D eigenvalue weighted by Crippen LogP contribution is 2.23. The van der Waals surface area contributed by atoms with Gasteiger partial charge in [0.25, 0.3) is 0 Å². The van der Waals surface area contributed by atoms with Gasteiger partial charge in [0.2, 0.25) is 5.89 Å². The molecule has 0 aliphatic heterocycles. The fourth-order valence-electron chi connectivity index (χ4n) is 2.92. The molecule has 1 aromatic rings. The topological polar surface area (TPSA) is 42.2 Å². The maximum Gasteiger partial charge on any atom is 0.240 e. The molecule has 0 unspecified atom stereocenters. The van der Waals surface area contributed by atoms with E-state index in [0.29, 0.717) is 12.0 Å². The summed E-state index contributed by atoms with van der Waals surface area (Å²) < 4.78 is 5.39. The zero-order valence-corrected chi connectivity index (χ0v) is 12.6. The van der Waals surface area contributed by atoms with Crippen molar-refractivity contribution >= 4 is 0 Å². The summed E-state index contributed by atoms with van der Waals surface area (Å²) in [5.41, 5.74) is 0. The molecule has 1 saturated carbocycles. The Morgan fingerprint density at radius 3 is 2.63 bits per heavy atom. The minimum absolute atomic E-state index is 0.575. The Hall–Kier alpha value is -0.900. The second-order valence-corrected chi connectivity index (χ2v) is 6.06. The summed E-state index contributed by atoms with van der Waals surface area (Å²) in [6.07, 6.45) is 7.67. The Labute approximate surface area is 116 Å². The fraction of sp³-hybridized carbons (Fsp3) is 0.867. The van der Waals surface area contributed by atoms with E-state index in [1.54, 1.807) is 0 Å². The molecule has 0 spiro atoms. The maximum absolute atomic E-state index is 5.39. The van der Waals surface area contributed by atoms with Crippen molar-refractivity contribution < 1.29 is 4.52 Å². The van der Waals surface area contributed by atoms with E-state index in [9.17, 15) is 0 Å². The Morgan fingerprint density at radius 2 is 2.00 bits per heavy atom. The second kappa shape index (κ2) is 7.04. The molecule has 1 heterocycles. The van der Waals surface area contributed by atoms with Gasteiger partial charge in [0.05, 0.1) is 6.54 Å². The van der Waals surface area contributed by atoms with Crippen LogP contribution < -0.4 is 0 Å². The lowest BCUT2D eigenvalue weighted by atomic mass is 9.94. The van der Waals surface area contributed by atoms with Crippen molar-refractivity contribution in [3.63, 3.8) is 0 Å². The predicted molar refractivity (Wildman–Crippen MR) is 75.8 cm³/mol. The van der Waals surface area contributed by atoms with Crippen LogP contribution in [0.15, 0.2) is 4.52 Å². The van der Waals surface area contributed by atoms with Crippen molar-refractivity contribution in [2.75, 3.05) is 6.54 Å². The summed E-state index contributed by atoms with van der Waals surface area (Å²) in [4.78, 5) is 7.01. The summed E-state index contributed by atoms with van der Waals surface area (Å²) in [5.74, 6) is 2.21. The van der Waals surface area contributed by atoms with Gasteiger partial charge < -0.3 is 4.52 Å². The SMILES string of the molecule is CCN(Cc1nc(CC(C)C)no1)C1CCCCC1. The first kappa shape index (κ1) is 14.5. The van der Waals surface area contributed by atoms with E-state index in [1.807, 2.05) is 0 Å². The molecular formula is C15H27N3O. The van der Waals surface area contributed by atoms with Crippen LogP contribution in [-0.2, 0) is 13.0 Å². The number of rotatable bonds is 6. The van der Waals surface area contributed by atoms with Crippen LogP contribution in [0.25, 0.3) is 0 Å². The van der Waals surface area contributed by atoms with Gasteiger partial charge in [-0.25, -0.2) is 0 Å². The van der Waals surface area contributed by atoms with Crippen LogP contribution in [0.5, 0.6) is 0 Å². The van der Waals surface area contributed by atoms with Crippen LogP contribution in [0.2, 0.25) is 0 Å². The molecular weight excluding hydrogens is 238 g/mol. The van der Waals surface area contributed by atoms with Crippen molar-refractivity contribution in [3.05, 3.63) is 11.7 Å². The smallest absolute Gasteiger partial charge is 0.240 e. The number of aromatic nitrogens is 2. The molecule has 0 N–H and O–H groups in total. The van der Waals surface area contributed by atoms with E-state index in [1.165, 1.54) is 32.1 Å². The van der Waals surface area contributed by atoms with E-state index in [0.717, 1.165) is 31.2 Å². The Bertz CT molecular complexity index is 369. The molecule has 0 bridgehead atoms. The van der Waals surface area contributed by atoms with E-state index in [-0.39, 0.29) is 0 Å². The summed E-state index contributed by atoms with van der Waals surface area (Å²) in [7, 11) is 0. The van der Waals surface area contributed by atoms with Crippen molar-refractivity contribution in [2.45, 2.75) is 71.9 Å². The first-order valence-corrected chi connectivity index (χ1v) is 7.74. The van der Waals surface area contributed by atoms with E-state index >= 15 is 0 Å². The summed E-state index contributed by atoms with van der Waals surface area (Å²) >= 11 is 0. The molecule has 0 atom stereocenters. The molecule has 1 fully saturated rings. The van der Waals surface area contributed by atoms with Crippen molar-refractivity contribution in [1.82, 2.24) is 15.0 Å². The van der Waals surface area contributed by atoms with Gasteiger partial charge in [-0.05, 0) is 25.3 Å². The average molecular weight is 265 g/mol. The molecule has 0 amide bonds. The van der Waals surface area contributed by atoms with E-state index in [4.69, 9.17) is 4.52 Å². The third-order valence-electron chi connectivity index (χ3n) is 3.94. The third-order valence-corrected chi connectivity index (χ3v) is 3.94. The van der Waals surface area contributed by atoms with Crippen molar-refractivity contribution in [2.24, 2.45) is 5.92 Å². The Balaban J connectivity index is 1.91. The monoisotopic (exact) mass is 265 g/mol. The second-order valence-electron chi connectivity index (χ2n) is 6.06. The molecule has 1 aliphatic carbocycles. The highest BCUT2D eigenvalue weighted by atomic mass is 16.5. The van der Waals surface area contributed by atoms with Crippen LogP contribution in [-0.4, -0.2) is 27.6 Å². The van der Waals surface area contributed by atoms with Gasteiger partial charge >= 0.3 is 0 Å². The number of nitrogens with zero attached hydrogens (tertiary/aromatic N) is 3. The quantitative estimate of drug-likeness (QED) is 0.790. The first-order valence-electron chi connectivity index (χ1n) is 7.74. The summed E-state index contributed by atoms with van der Waals surface area (Å²) in [6, 6.07) is 0.708. The molecule has 108 valence electrons. The molecule has 0 aromatic carbocycles. The van der Waals surface area contributed by atoms with Gasteiger partial charge in [-0.3, -0.25) is 4.90 Å².